The molecule has 0 bridgehead atoms. The number of hydrogen-bond acceptors (Lipinski definition) is 23. The van der Waals surface area contributed by atoms with Gasteiger partial charge in [-0.25, -0.2) is 13.8 Å². The number of para-hydroxylation sites is 1. The SMILES string of the molecule is CCC(=O)OC1C(OC2C(C)C(OC3CC(C)(OC)C(O)C(C)O3)C(C)C(=O)OC(CC)C(C)(O)C(O)C(C)C(=O)C(C)CC2(C)O)OC(C)CC1N(C)C.CCCCCCCCCCCCOS(=O)(=O)O.Cc1cc(C=Cc2ccc3cc(N(C)C)ccc3[n+]2C)c(C)n1-c1ccccc1.O=C(O)c1cc2ccccc2c(Cc2c(O)c(C(=O)O)cc3ccccc23)c1[O-]. The van der Waals surface area contributed by atoms with Gasteiger partial charge in [0.05, 0.1) is 65.9 Å². The molecule has 0 amide bonds. The quantitative estimate of drug-likeness (QED) is 0.00934. The van der Waals surface area contributed by atoms with Crippen LogP contribution in [0.2, 0.25) is 0 Å². The Kier molecular flexibility index (Phi) is 38.6. The number of nitrogens with zero attached hydrogens (tertiary/aromatic N) is 4. The van der Waals surface area contributed by atoms with Crippen LogP contribution in [0.15, 0.2) is 127 Å². The number of carbonyl (C=O) groups is 5. The summed E-state index contributed by atoms with van der Waals surface area (Å²) in [5.41, 5.74) is 3.48. The number of methoxy groups -OCH3 is 1. The number of fused-ring (bicyclic) bond motifs is 3. The molecule has 28 nitrogen and oxygen atoms in total. The predicted molar refractivity (Wildman–Crippen MR) is 499 cm³/mol. The van der Waals surface area contributed by atoms with Gasteiger partial charge in [0.2, 0.25) is 11.2 Å². The Hall–Kier alpha value is -9.31. The van der Waals surface area contributed by atoms with E-state index in [2.05, 4.69) is 139 Å². The normalized spacial score (nSPS) is 26.4. The van der Waals surface area contributed by atoms with E-state index >= 15 is 0 Å². The molecule has 5 heterocycles. The summed E-state index contributed by atoms with van der Waals surface area (Å²) in [5, 5.41) is 92.6. The third kappa shape index (κ3) is 27.0. The highest BCUT2D eigenvalue weighted by molar-refractivity contribution is 7.80. The molecular weight excluding hydrogens is 1690 g/mol. The van der Waals surface area contributed by atoms with Gasteiger partial charge in [0.15, 0.2) is 18.7 Å². The maximum absolute atomic E-state index is 14.2. The number of benzene rings is 6. The van der Waals surface area contributed by atoms with Crippen LogP contribution >= 0.6 is 0 Å². The number of aromatic hydroxyl groups is 1. The summed E-state index contributed by atoms with van der Waals surface area (Å²) in [5.74, 6) is -9.30. The Bertz CT molecular complexity index is 5160. The van der Waals surface area contributed by atoms with Gasteiger partial charge < -0.3 is 88.4 Å². The molecule has 714 valence electrons. The zero-order valence-corrected chi connectivity index (χ0v) is 80.1. The molecule has 3 aliphatic heterocycles. The lowest BCUT2D eigenvalue weighted by Gasteiger charge is -2.49. The standard InChI is InChI=1S/C40H71NO14.C26H28N3.C23H16O6.C12H26O4S/c1-15-27-40(11,48)33(44)22(5)30(43)20(3)18-38(9,47)35(55-37-32(53-28(42)16-2)26(41(12)13)17-21(4)50-37)23(6)31(24(7)36(46)52-27)54-29-19-39(10,49-14)34(45)25(8)51-29;1-19-17-21(20(2)29(19)24-9-7-6-8-10-24)11-13-23-14-12-22-18-25(27(3)4)15-16-26(22)28(23)5;24-20-16(14-7-3-1-5-12(14)9-18(20)22(26)27)11-17-15-8-4-2-6-13(15)10-19(21(17)25)23(28)29;1-2-3-4-5-6-7-8-9-10-11-12-16-17(13,14)15/h20-27,29,31-35,37,44-45,47-48H,15-19H2,1-14H3;6-18H,1-5H3;1-10,24-25H,11H2,(H,26,27)(H,28,29);2-12H2,1H3,(H,13,14,15)/q;+1;;/p-1. The molecule has 29 heteroatoms. The van der Waals surface area contributed by atoms with E-state index in [1.54, 1.807) is 97.0 Å². The third-order valence-corrected chi connectivity index (χ3v) is 26.2. The number of likely N-dealkylation sites (N-methyl/N-ethyl adjacent to an activating group) is 1. The largest absolute Gasteiger partial charge is 0.872 e. The number of aliphatic hydroxyl groups is 4. The van der Waals surface area contributed by atoms with E-state index in [9.17, 15) is 73.2 Å². The molecular formula is C101H140N4O24S. The van der Waals surface area contributed by atoms with Gasteiger partial charge in [0, 0.05) is 110 Å². The van der Waals surface area contributed by atoms with Crippen LogP contribution in [0.25, 0.3) is 50.3 Å². The van der Waals surface area contributed by atoms with E-state index in [0.29, 0.717) is 34.4 Å². The zero-order valence-electron chi connectivity index (χ0n) is 79.3. The maximum Gasteiger partial charge on any atom is 0.397 e. The minimum absolute atomic E-state index is 0.0760. The second kappa shape index (κ2) is 47.4. The Morgan fingerprint density at radius 1 is 0.685 bits per heavy atom. The summed E-state index contributed by atoms with van der Waals surface area (Å²) in [6.07, 6.45) is 6.49. The highest BCUT2D eigenvalue weighted by Crippen LogP contribution is 2.44. The number of aryl methyl sites for hydroxylation is 2. The average molecular weight is 1830 g/mol. The fraction of sp³-hybridized carbons (Fsp3) is 0.545. The van der Waals surface area contributed by atoms with Gasteiger partial charge in [-0.3, -0.25) is 18.9 Å². The lowest BCUT2D eigenvalue weighted by atomic mass is 9.74. The summed E-state index contributed by atoms with van der Waals surface area (Å²) in [6, 6.07) is 40.0. The van der Waals surface area contributed by atoms with E-state index < -0.39 is 147 Å². The van der Waals surface area contributed by atoms with Gasteiger partial charge in [-0.15, -0.1) is 0 Å². The number of carboxylic acids is 2. The molecule has 3 fully saturated rings. The molecule has 0 radical (unpaired) electrons. The number of ketones is 1. The number of Topliss-reactive ketones (excluding diaryl/α,β-unsaturated/α-hetero) is 1. The molecule has 18 atom stereocenters. The fourth-order valence-corrected chi connectivity index (χ4v) is 18.5. The number of ether oxygens (including phenoxy) is 7. The average Bonchev–Trinajstić information content (AvgIpc) is 1.00. The molecule has 11 rings (SSSR count). The molecule has 0 aliphatic carbocycles. The molecule has 0 saturated carbocycles. The van der Waals surface area contributed by atoms with Crippen molar-refractivity contribution in [2.75, 3.05) is 46.8 Å². The fourth-order valence-electron chi connectivity index (χ4n) is 18.1. The number of anilines is 1. The highest BCUT2D eigenvalue weighted by Gasteiger charge is 2.54. The first kappa shape index (κ1) is 106. The number of cyclic esters (lactones) is 1. The summed E-state index contributed by atoms with van der Waals surface area (Å²) >= 11 is 0. The van der Waals surface area contributed by atoms with Gasteiger partial charge in [0.1, 0.15) is 42.0 Å². The second-order valence-electron chi connectivity index (χ2n) is 36.2. The minimum atomic E-state index is -4.23. The molecule has 3 saturated heterocycles. The smallest absolute Gasteiger partial charge is 0.397 e. The monoisotopic (exact) mass is 1820 g/mol. The van der Waals surface area contributed by atoms with Gasteiger partial charge in [0.25, 0.3) is 0 Å². The number of rotatable bonds is 29. The summed E-state index contributed by atoms with van der Waals surface area (Å²) < 4.78 is 81.2. The first-order valence-electron chi connectivity index (χ1n) is 45.4. The first-order valence-corrected chi connectivity index (χ1v) is 46.8. The first-order chi connectivity index (χ1) is 61.3. The van der Waals surface area contributed by atoms with Crippen LogP contribution in [0.5, 0.6) is 11.5 Å². The predicted octanol–water partition coefficient (Wildman–Crippen LogP) is 15.5. The maximum atomic E-state index is 14.2. The molecule has 2 aromatic heterocycles. The zero-order chi connectivity index (χ0) is 96.2. The number of aliphatic hydroxyl groups excluding tert-OH is 2. The number of aromatic carboxylic acids is 2. The lowest BCUT2D eigenvalue weighted by Crippen LogP contribution is -2.61. The number of carbonyl (C=O) groups excluding carboxylic acids is 3. The number of aromatic nitrogens is 2. The van der Waals surface area contributed by atoms with Crippen molar-refractivity contribution in [3.8, 4) is 17.2 Å². The number of esters is 2. The van der Waals surface area contributed by atoms with Crippen molar-refractivity contribution in [2.45, 2.75) is 284 Å². The Labute approximate surface area is 766 Å². The van der Waals surface area contributed by atoms with Gasteiger partial charge in [-0.1, -0.05) is 172 Å². The molecule has 8 aromatic rings. The number of pyridine rings is 1. The number of phenols is 1. The van der Waals surface area contributed by atoms with Crippen molar-refractivity contribution in [1.29, 1.82) is 0 Å². The van der Waals surface area contributed by atoms with Crippen molar-refractivity contribution in [2.24, 2.45) is 30.7 Å². The van der Waals surface area contributed by atoms with E-state index in [-0.39, 0.29) is 73.1 Å². The topological polar surface area (TPSA) is 394 Å². The number of hydrogen-bond donors (Lipinski definition) is 8. The van der Waals surface area contributed by atoms with Crippen LogP contribution in [0, 0.1) is 37.5 Å². The molecule has 130 heavy (non-hydrogen) atoms. The van der Waals surface area contributed by atoms with Crippen molar-refractivity contribution in [3.63, 3.8) is 0 Å². The Morgan fingerprint density at radius 2 is 1.27 bits per heavy atom. The van der Waals surface area contributed by atoms with Crippen LogP contribution in [0.3, 0.4) is 0 Å². The molecule has 18 unspecified atom stereocenters. The van der Waals surface area contributed by atoms with Crippen molar-refractivity contribution in [1.82, 2.24) is 9.47 Å². The minimum Gasteiger partial charge on any atom is -0.872 e. The summed E-state index contributed by atoms with van der Waals surface area (Å²) in [6.45, 7) is 24.7. The van der Waals surface area contributed by atoms with Gasteiger partial charge in [-0.2, -0.15) is 13.0 Å². The summed E-state index contributed by atoms with van der Waals surface area (Å²) in [4.78, 5) is 68.2. The van der Waals surface area contributed by atoms with Gasteiger partial charge in [-0.05, 0) is 182 Å². The molecule has 3 aliphatic rings. The number of carboxylic acid groups (broad SMARTS) is 2. The van der Waals surface area contributed by atoms with Crippen LogP contribution in [0.1, 0.15) is 234 Å². The molecule has 6 aromatic carbocycles. The third-order valence-electron chi connectivity index (χ3n) is 25.8. The van der Waals surface area contributed by atoms with Crippen LogP contribution in [-0.4, -0.2) is 214 Å². The van der Waals surface area contributed by atoms with E-state index in [1.165, 1.54) is 130 Å². The Morgan fingerprint density at radius 3 is 1.84 bits per heavy atom. The summed E-state index contributed by atoms with van der Waals surface area (Å²) in [7, 11) is 7.25. The van der Waals surface area contributed by atoms with E-state index in [0.717, 1.165) is 12.8 Å². The van der Waals surface area contributed by atoms with E-state index in [4.69, 9.17) is 37.7 Å². The number of unbranched alkanes of at least 4 members (excludes halogenated alkanes) is 9. The molecule has 8 N–H and O–H groups in total. The second-order valence-corrected chi connectivity index (χ2v) is 37.3. The highest BCUT2D eigenvalue weighted by atomic mass is 32.3. The van der Waals surface area contributed by atoms with Crippen molar-refractivity contribution >= 4 is 90.3 Å². The van der Waals surface area contributed by atoms with Crippen LogP contribution in [-0.2, 0) is 75.6 Å². The van der Waals surface area contributed by atoms with Gasteiger partial charge >= 0.3 is 34.3 Å². The van der Waals surface area contributed by atoms with Crippen molar-refractivity contribution in [3.05, 3.63) is 172 Å². The van der Waals surface area contributed by atoms with Crippen molar-refractivity contribution < 1.29 is 120 Å². The van der Waals surface area contributed by atoms with Crippen LogP contribution < -0.4 is 14.6 Å². The van der Waals surface area contributed by atoms with E-state index in [1.807, 2.05) is 25.9 Å². The van der Waals surface area contributed by atoms with Crippen LogP contribution in [0.4, 0.5) is 5.69 Å². The Balaban J connectivity index is 0.000000234. The molecule has 0 spiro atoms. The lowest BCUT2D eigenvalue weighted by molar-refractivity contribution is -0.646.